The highest BCUT2D eigenvalue weighted by molar-refractivity contribution is 7.90. The quantitative estimate of drug-likeness (QED) is 0.484. The van der Waals surface area contributed by atoms with Gasteiger partial charge in [-0.25, -0.2) is 8.42 Å². The Morgan fingerprint density at radius 2 is 1.52 bits per heavy atom. The van der Waals surface area contributed by atoms with Gasteiger partial charge in [-0.15, -0.1) is 0 Å². The molecular weight excluding hydrogens is 384 g/mol. The molecule has 0 aromatic heterocycles. The van der Waals surface area contributed by atoms with Crippen LogP contribution in [0.4, 0.5) is 0 Å². The summed E-state index contributed by atoms with van der Waals surface area (Å²) in [6.07, 6.45) is 0. The van der Waals surface area contributed by atoms with Gasteiger partial charge in [-0.3, -0.25) is 4.79 Å². The summed E-state index contributed by atoms with van der Waals surface area (Å²) in [5.74, 6) is 0.207. The number of para-hydroxylation sites is 1. The fourth-order valence-electron chi connectivity index (χ4n) is 3.21. The highest BCUT2D eigenvalue weighted by atomic mass is 32.2. The summed E-state index contributed by atoms with van der Waals surface area (Å²) < 4.78 is 32.2. The predicted molar refractivity (Wildman–Crippen MR) is 115 cm³/mol. The summed E-state index contributed by atoms with van der Waals surface area (Å²) >= 11 is 0. The first-order chi connectivity index (χ1) is 13.9. The SMILES string of the molecule is CC(=O)c1ccccc1CS(=O)(=O)C(C)c1ccccc1OCc1ccccc1. The van der Waals surface area contributed by atoms with Crippen molar-refractivity contribution in [2.24, 2.45) is 0 Å². The van der Waals surface area contributed by atoms with Crippen molar-refractivity contribution in [3.05, 3.63) is 101 Å². The summed E-state index contributed by atoms with van der Waals surface area (Å²) in [7, 11) is -3.56. The van der Waals surface area contributed by atoms with E-state index in [2.05, 4.69) is 0 Å². The summed E-state index contributed by atoms with van der Waals surface area (Å²) in [5.41, 5.74) is 2.59. The van der Waals surface area contributed by atoms with E-state index < -0.39 is 15.1 Å². The van der Waals surface area contributed by atoms with Gasteiger partial charge in [-0.05, 0) is 31.0 Å². The lowest BCUT2D eigenvalue weighted by molar-refractivity contribution is 0.101. The fourth-order valence-corrected chi connectivity index (χ4v) is 4.72. The molecule has 150 valence electrons. The van der Waals surface area contributed by atoms with Crippen LogP contribution in [-0.2, 0) is 22.2 Å². The van der Waals surface area contributed by atoms with Crippen molar-refractivity contribution in [1.29, 1.82) is 0 Å². The molecule has 0 bridgehead atoms. The minimum atomic E-state index is -3.56. The maximum atomic E-state index is 13.1. The molecule has 4 nitrogen and oxygen atoms in total. The zero-order valence-corrected chi connectivity index (χ0v) is 17.4. The molecule has 0 spiro atoms. The van der Waals surface area contributed by atoms with E-state index in [1.54, 1.807) is 49.4 Å². The maximum Gasteiger partial charge on any atom is 0.161 e. The van der Waals surface area contributed by atoms with E-state index in [0.29, 0.717) is 29.0 Å². The van der Waals surface area contributed by atoms with Crippen LogP contribution >= 0.6 is 0 Å². The lowest BCUT2D eigenvalue weighted by Gasteiger charge is -2.18. The average molecular weight is 409 g/mol. The molecule has 0 N–H and O–H groups in total. The van der Waals surface area contributed by atoms with Crippen molar-refractivity contribution in [3.8, 4) is 5.75 Å². The van der Waals surface area contributed by atoms with Crippen LogP contribution in [0.1, 0.15) is 46.1 Å². The van der Waals surface area contributed by atoms with Gasteiger partial charge in [0.25, 0.3) is 0 Å². The van der Waals surface area contributed by atoms with Crippen LogP contribution < -0.4 is 4.74 Å². The van der Waals surface area contributed by atoms with Gasteiger partial charge >= 0.3 is 0 Å². The Labute approximate surface area is 172 Å². The molecule has 0 heterocycles. The summed E-state index contributed by atoms with van der Waals surface area (Å²) in [6, 6.07) is 23.8. The van der Waals surface area contributed by atoms with Gasteiger partial charge in [0.2, 0.25) is 0 Å². The van der Waals surface area contributed by atoms with E-state index in [1.165, 1.54) is 6.92 Å². The van der Waals surface area contributed by atoms with Gasteiger partial charge in [0.05, 0.1) is 11.0 Å². The second-order valence-electron chi connectivity index (χ2n) is 6.97. The number of Topliss-reactive ketones (excluding diaryl/α,β-unsaturated/α-hetero) is 1. The molecule has 29 heavy (non-hydrogen) atoms. The number of benzene rings is 3. The highest BCUT2D eigenvalue weighted by Gasteiger charge is 2.27. The first-order valence-corrected chi connectivity index (χ1v) is 11.2. The van der Waals surface area contributed by atoms with Crippen LogP contribution in [-0.4, -0.2) is 14.2 Å². The fraction of sp³-hybridized carbons (Fsp3) is 0.208. The first-order valence-electron chi connectivity index (χ1n) is 9.44. The number of hydrogen-bond donors (Lipinski definition) is 0. The van der Waals surface area contributed by atoms with Crippen LogP contribution in [0.15, 0.2) is 78.9 Å². The predicted octanol–water partition coefficient (Wildman–Crippen LogP) is 5.14. The smallest absolute Gasteiger partial charge is 0.161 e. The molecule has 0 saturated heterocycles. The summed E-state index contributed by atoms with van der Waals surface area (Å²) in [4.78, 5) is 11.9. The normalized spacial score (nSPS) is 12.3. The van der Waals surface area contributed by atoms with Gasteiger partial charge in [0.15, 0.2) is 15.6 Å². The Bertz CT molecular complexity index is 1090. The van der Waals surface area contributed by atoms with E-state index in [0.717, 1.165) is 5.56 Å². The molecule has 1 atom stereocenters. The topological polar surface area (TPSA) is 60.4 Å². The Morgan fingerprint density at radius 1 is 0.897 bits per heavy atom. The lowest BCUT2D eigenvalue weighted by Crippen LogP contribution is -2.15. The second-order valence-corrected chi connectivity index (χ2v) is 9.30. The second kappa shape index (κ2) is 9.05. The molecule has 3 aromatic rings. The molecule has 0 saturated carbocycles. The standard InChI is InChI=1S/C24H24O4S/c1-18(25)22-13-7-6-12-21(22)17-29(26,27)19(2)23-14-8-9-15-24(23)28-16-20-10-4-3-5-11-20/h3-15,19H,16-17H2,1-2H3. The third-order valence-electron chi connectivity index (χ3n) is 4.89. The molecule has 5 heteroatoms. The number of carbonyl (C=O) groups excluding carboxylic acids is 1. The molecule has 0 aliphatic heterocycles. The van der Waals surface area contributed by atoms with E-state index in [4.69, 9.17) is 4.74 Å². The molecule has 0 fully saturated rings. The number of sulfone groups is 1. The molecule has 0 amide bonds. The van der Waals surface area contributed by atoms with E-state index >= 15 is 0 Å². The van der Waals surface area contributed by atoms with Gasteiger partial charge in [-0.1, -0.05) is 72.8 Å². The largest absolute Gasteiger partial charge is 0.489 e. The molecule has 1 unspecified atom stereocenters. The molecule has 0 radical (unpaired) electrons. The number of carbonyl (C=O) groups is 1. The van der Waals surface area contributed by atoms with Gasteiger partial charge in [-0.2, -0.15) is 0 Å². The Balaban J connectivity index is 1.84. The third-order valence-corrected chi connectivity index (χ3v) is 6.93. The Hall–Kier alpha value is -2.92. The lowest BCUT2D eigenvalue weighted by atomic mass is 10.1. The summed E-state index contributed by atoms with van der Waals surface area (Å²) in [5, 5.41) is -0.769. The van der Waals surface area contributed by atoms with Crippen molar-refractivity contribution < 1.29 is 17.9 Å². The number of rotatable bonds is 8. The minimum absolute atomic E-state index is 0.143. The van der Waals surface area contributed by atoms with E-state index in [-0.39, 0.29) is 11.5 Å². The highest BCUT2D eigenvalue weighted by Crippen LogP contribution is 2.33. The minimum Gasteiger partial charge on any atom is -0.489 e. The van der Waals surface area contributed by atoms with Crippen molar-refractivity contribution in [2.75, 3.05) is 0 Å². The van der Waals surface area contributed by atoms with Crippen LogP contribution in [0, 0.1) is 0 Å². The van der Waals surface area contributed by atoms with Crippen molar-refractivity contribution >= 4 is 15.6 Å². The van der Waals surface area contributed by atoms with Crippen molar-refractivity contribution in [1.82, 2.24) is 0 Å². The zero-order chi connectivity index (χ0) is 20.9. The number of ketones is 1. The van der Waals surface area contributed by atoms with Crippen molar-refractivity contribution in [2.45, 2.75) is 31.5 Å². The zero-order valence-electron chi connectivity index (χ0n) is 16.5. The Morgan fingerprint density at radius 3 is 2.24 bits per heavy atom. The van der Waals surface area contributed by atoms with Crippen LogP contribution in [0.25, 0.3) is 0 Å². The van der Waals surface area contributed by atoms with Gasteiger partial charge in [0.1, 0.15) is 12.4 Å². The molecule has 0 aliphatic carbocycles. The first kappa shape index (κ1) is 20.8. The summed E-state index contributed by atoms with van der Waals surface area (Å²) in [6.45, 7) is 3.47. The van der Waals surface area contributed by atoms with Crippen molar-refractivity contribution in [3.63, 3.8) is 0 Å². The van der Waals surface area contributed by atoms with E-state index in [9.17, 15) is 13.2 Å². The monoisotopic (exact) mass is 408 g/mol. The molecule has 3 aromatic carbocycles. The Kier molecular flexibility index (Phi) is 6.49. The number of hydrogen-bond acceptors (Lipinski definition) is 4. The number of ether oxygens (including phenoxy) is 1. The van der Waals surface area contributed by atoms with Crippen LogP contribution in [0.2, 0.25) is 0 Å². The maximum absolute atomic E-state index is 13.1. The van der Waals surface area contributed by atoms with Crippen LogP contribution in [0.5, 0.6) is 5.75 Å². The molecular formula is C24H24O4S. The van der Waals surface area contributed by atoms with Gasteiger partial charge < -0.3 is 4.74 Å². The molecule has 3 rings (SSSR count). The average Bonchev–Trinajstić information content (AvgIpc) is 2.72. The third kappa shape index (κ3) is 5.12. The van der Waals surface area contributed by atoms with Crippen LogP contribution in [0.3, 0.4) is 0 Å². The van der Waals surface area contributed by atoms with E-state index in [1.807, 2.05) is 36.4 Å². The van der Waals surface area contributed by atoms with Gasteiger partial charge in [0, 0.05) is 11.1 Å². The molecule has 0 aliphatic rings.